The number of urea groups is 1. The molecule has 5 nitrogen and oxygen atoms in total. The molecule has 1 heterocycles. The molecule has 0 aromatic heterocycles. The fourth-order valence-corrected chi connectivity index (χ4v) is 4.69. The zero-order valence-electron chi connectivity index (χ0n) is 11.7. The van der Waals surface area contributed by atoms with Crippen LogP contribution in [-0.2, 0) is 4.79 Å². The van der Waals surface area contributed by atoms with E-state index in [9.17, 15) is 9.59 Å². The molecule has 0 aromatic carbocycles. The van der Waals surface area contributed by atoms with Crippen molar-refractivity contribution in [3.05, 3.63) is 0 Å². The number of carboxylic acid groups (broad SMARTS) is 1. The van der Waals surface area contributed by atoms with E-state index in [4.69, 9.17) is 5.11 Å². The number of aliphatic carboxylic acids is 1. The lowest BCUT2D eigenvalue weighted by Gasteiger charge is -2.35. The highest BCUT2D eigenvalue weighted by Crippen LogP contribution is 2.28. The van der Waals surface area contributed by atoms with Crippen LogP contribution in [0.5, 0.6) is 0 Å². The minimum absolute atomic E-state index is 0.0402. The molecule has 3 unspecified atom stereocenters. The van der Waals surface area contributed by atoms with Crippen LogP contribution in [0.15, 0.2) is 0 Å². The second-order valence-corrected chi connectivity index (χ2v) is 7.63. The molecule has 2 aliphatic rings. The van der Waals surface area contributed by atoms with Gasteiger partial charge in [0.15, 0.2) is 0 Å². The summed E-state index contributed by atoms with van der Waals surface area (Å²) in [7, 11) is 0. The monoisotopic (exact) mass is 318 g/mol. The van der Waals surface area contributed by atoms with Crippen LogP contribution >= 0.6 is 23.5 Å². The van der Waals surface area contributed by atoms with Crippen LogP contribution in [0.3, 0.4) is 0 Å². The fourth-order valence-electron chi connectivity index (χ4n) is 2.84. The normalized spacial score (nSPS) is 30.2. The van der Waals surface area contributed by atoms with Crippen molar-refractivity contribution in [1.82, 2.24) is 10.2 Å². The Morgan fingerprint density at radius 1 is 1.45 bits per heavy atom. The Balaban J connectivity index is 1.87. The third-order valence-corrected chi connectivity index (χ3v) is 6.13. The smallest absolute Gasteiger partial charge is 0.317 e. The van der Waals surface area contributed by atoms with Crippen molar-refractivity contribution in [2.45, 2.75) is 43.0 Å². The van der Waals surface area contributed by atoms with E-state index in [1.807, 2.05) is 11.8 Å². The molecule has 1 saturated heterocycles. The molecule has 0 radical (unpaired) electrons. The van der Waals surface area contributed by atoms with Crippen LogP contribution in [0, 0.1) is 0 Å². The van der Waals surface area contributed by atoms with Gasteiger partial charge in [-0.15, -0.1) is 0 Å². The third kappa shape index (κ3) is 4.22. The minimum Gasteiger partial charge on any atom is -0.481 e. The Morgan fingerprint density at radius 2 is 2.25 bits per heavy atom. The van der Waals surface area contributed by atoms with Crippen LogP contribution in [0.25, 0.3) is 0 Å². The van der Waals surface area contributed by atoms with Crippen molar-refractivity contribution < 1.29 is 14.7 Å². The van der Waals surface area contributed by atoms with Crippen LogP contribution in [0.2, 0.25) is 0 Å². The number of carbonyl (C=O) groups is 2. The Bertz CT molecular complexity index is 368. The molecule has 2 N–H and O–H groups in total. The number of thioether (sulfide) groups is 2. The largest absolute Gasteiger partial charge is 0.481 e. The second kappa shape index (κ2) is 7.45. The van der Waals surface area contributed by atoms with Gasteiger partial charge in [-0.05, 0) is 25.5 Å². The van der Waals surface area contributed by atoms with Crippen LogP contribution < -0.4 is 5.32 Å². The summed E-state index contributed by atoms with van der Waals surface area (Å²) >= 11 is 3.59. The van der Waals surface area contributed by atoms with Crippen molar-refractivity contribution in [2.24, 2.45) is 0 Å². The molecular weight excluding hydrogens is 296 g/mol. The molecule has 3 atom stereocenters. The van der Waals surface area contributed by atoms with E-state index in [0.29, 0.717) is 11.8 Å². The van der Waals surface area contributed by atoms with E-state index in [-0.39, 0.29) is 24.5 Å². The first-order valence-corrected chi connectivity index (χ1v) is 9.44. The Morgan fingerprint density at radius 3 is 2.90 bits per heavy atom. The average molecular weight is 318 g/mol. The van der Waals surface area contributed by atoms with Crippen molar-refractivity contribution in [2.75, 3.05) is 24.3 Å². The van der Waals surface area contributed by atoms with Gasteiger partial charge in [0.1, 0.15) is 0 Å². The van der Waals surface area contributed by atoms with Crippen molar-refractivity contribution in [3.8, 4) is 0 Å². The SMILES string of the molecule is CSC1CCC(NC(=O)N2CCSCC2CC(=O)O)C1. The topological polar surface area (TPSA) is 69.6 Å². The van der Waals surface area contributed by atoms with Gasteiger partial charge >= 0.3 is 12.0 Å². The molecule has 7 heteroatoms. The van der Waals surface area contributed by atoms with Gasteiger partial charge < -0.3 is 15.3 Å². The highest BCUT2D eigenvalue weighted by atomic mass is 32.2. The summed E-state index contributed by atoms with van der Waals surface area (Å²) in [6.07, 6.45) is 5.36. The third-order valence-electron chi connectivity index (χ3n) is 3.94. The predicted octanol–water partition coefficient (Wildman–Crippen LogP) is 1.87. The summed E-state index contributed by atoms with van der Waals surface area (Å²) in [6.45, 7) is 0.646. The molecule has 2 rings (SSSR count). The maximum Gasteiger partial charge on any atom is 0.317 e. The summed E-state index contributed by atoms with van der Waals surface area (Å²) in [6, 6.07) is -0.00712. The minimum atomic E-state index is -0.835. The number of hydrogen-bond acceptors (Lipinski definition) is 4. The first kappa shape index (κ1) is 15.8. The molecule has 0 bridgehead atoms. The Kier molecular flexibility index (Phi) is 5.89. The second-order valence-electron chi connectivity index (χ2n) is 5.34. The number of carbonyl (C=O) groups excluding carboxylic acids is 1. The maximum atomic E-state index is 12.3. The molecule has 2 amide bonds. The van der Waals surface area contributed by atoms with Gasteiger partial charge in [0.05, 0.1) is 12.5 Å². The van der Waals surface area contributed by atoms with Gasteiger partial charge in [-0.3, -0.25) is 4.79 Å². The highest BCUT2D eigenvalue weighted by Gasteiger charge is 2.31. The van der Waals surface area contributed by atoms with E-state index in [1.165, 1.54) is 0 Å². The number of rotatable bonds is 4. The number of nitrogens with one attached hydrogen (secondary N) is 1. The van der Waals surface area contributed by atoms with E-state index >= 15 is 0 Å². The molecule has 1 aliphatic carbocycles. The van der Waals surface area contributed by atoms with Gasteiger partial charge in [0.25, 0.3) is 0 Å². The van der Waals surface area contributed by atoms with Crippen LogP contribution in [-0.4, -0.2) is 63.6 Å². The van der Waals surface area contributed by atoms with Crippen molar-refractivity contribution >= 4 is 35.5 Å². The summed E-state index contributed by atoms with van der Waals surface area (Å²) in [4.78, 5) is 25.0. The van der Waals surface area contributed by atoms with Gasteiger partial charge in [-0.1, -0.05) is 0 Å². The van der Waals surface area contributed by atoms with E-state index in [1.54, 1.807) is 16.7 Å². The summed E-state index contributed by atoms with van der Waals surface area (Å²) in [5.74, 6) is 0.776. The zero-order valence-corrected chi connectivity index (χ0v) is 13.3. The quantitative estimate of drug-likeness (QED) is 0.828. The Labute approximate surface area is 128 Å². The fraction of sp³-hybridized carbons (Fsp3) is 0.846. The molecule has 20 heavy (non-hydrogen) atoms. The summed E-state index contributed by atoms with van der Waals surface area (Å²) < 4.78 is 0. The van der Waals surface area contributed by atoms with Crippen LogP contribution in [0.4, 0.5) is 4.79 Å². The molecule has 1 saturated carbocycles. The molecule has 0 aromatic rings. The zero-order chi connectivity index (χ0) is 14.5. The van der Waals surface area contributed by atoms with Gasteiger partial charge in [0, 0.05) is 29.3 Å². The van der Waals surface area contributed by atoms with Crippen LogP contribution in [0.1, 0.15) is 25.7 Å². The van der Waals surface area contributed by atoms with E-state index in [0.717, 1.165) is 30.8 Å². The number of hydrogen-bond donors (Lipinski definition) is 2. The number of carboxylic acids is 1. The molecule has 2 fully saturated rings. The summed E-state index contributed by atoms with van der Waals surface area (Å²) in [5, 5.41) is 12.7. The number of amides is 2. The van der Waals surface area contributed by atoms with Gasteiger partial charge in [0.2, 0.25) is 0 Å². The molecule has 1 aliphatic heterocycles. The van der Waals surface area contributed by atoms with E-state index in [2.05, 4.69) is 11.6 Å². The van der Waals surface area contributed by atoms with Gasteiger partial charge in [-0.2, -0.15) is 23.5 Å². The summed E-state index contributed by atoms with van der Waals surface area (Å²) in [5.41, 5.74) is 0. The first-order valence-electron chi connectivity index (χ1n) is 6.99. The number of nitrogens with zero attached hydrogens (tertiary/aromatic N) is 1. The lowest BCUT2D eigenvalue weighted by molar-refractivity contribution is -0.137. The average Bonchev–Trinajstić information content (AvgIpc) is 2.86. The van der Waals surface area contributed by atoms with Crippen molar-refractivity contribution in [3.63, 3.8) is 0 Å². The maximum absolute atomic E-state index is 12.3. The molecular formula is C13H22N2O3S2. The Hall–Kier alpha value is -0.560. The lowest BCUT2D eigenvalue weighted by Crippen LogP contribution is -2.53. The highest BCUT2D eigenvalue weighted by molar-refractivity contribution is 7.99. The molecule has 0 spiro atoms. The van der Waals surface area contributed by atoms with Gasteiger partial charge in [-0.25, -0.2) is 4.79 Å². The predicted molar refractivity (Wildman–Crippen MR) is 83.5 cm³/mol. The lowest BCUT2D eigenvalue weighted by atomic mass is 10.2. The standard InChI is InChI=1S/C13H22N2O3S2/c1-19-11-3-2-9(6-11)14-13(18)15-4-5-20-8-10(15)7-12(16)17/h9-11H,2-8H2,1H3,(H,14,18)(H,16,17). The molecule has 114 valence electrons. The van der Waals surface area contributed by atoms with Crippen molar-refractivity contribution in [1.29, 1.82) is 0 Å². The first-order chi connectivity index (χ1) is 9.60. The van der Waals surface area contributed by atoms with E-state index < -0.39 is 5.97 Å².